The van der Waals surface area contributed by atoms with Gasteiger partial charge in [0.15, 0.2) is 0 Å². The van der Waals surface area contributed by atoms with Gasteiger partial charge in [-0.25, -0.2) is 0 Å². The average Bonchev–Trinajstić information content (AvgIpc) is 3.04. The normalized spacial score (nSPS) is 46.0. The van der Waals surface area contributed by atoms with Crippen molar-refractivity contribution >= 4 is 5.97 Å². The van der Waals surface area contributed by atoms with Crippen LogP contribution < -0.4 is 0 Å². The van der Waals surface area contributed by atoms with Gasteiger partial charge in [0.05, 0.1) is 7.11 Å². The topological polar surface area (TPSA) is 75.1 Å². The number of nitrogens with zero attached hydrogens (tertiary/aromatic N) is 3. The van der Waals surface area contributed by atoms with E-state index in [9.17, 15) is 10.3 Å². The van der Waals surface area contributed by atoms with Gasteiger partial charge in [-0.3, -0.25) is 4.79 Å². The van der Waals surface area contributed by atoms with Gasteiger partial charge in [-0.2, -0.15) is 0 Å². The van der Waals surface area contributed by atoms with Crippen molar-refractivity contribution in [1.82, 2.24) is 0 Å². The second kappa shape index (κ2) is 8.13. The van der Waals surface area contributed by atoms with Crippen molar-refractivity contribution in [3.63, 3.8) is 0 Å². The Kier molecular flexibility index (Phi) is 5.90. The predicted molar refractivity (Wildman–Crippen MR) is 114 cm³/mol. The first-order valence-corrected chi connectivity index (χ1v) is 12.0. The van der Waals surface area contributed by atoms with E-state index in [2.05, 4.69) is 23.9 Å². The molecule has 4 rings (SSSR count). The minimum Gasteiger partial charge on any atom is -0.469 e. The van der Waals surface area contributed by atoms with E-state index in [-0.39, 0.29) is 12.0 Å². The number of hydrogen-bond donors (Lipinski definition) is 0. The Bertz CT molecular complexity index is 675. The lowest BCUT2D eigenvalue weighted by Gasteiger charge is -2.62. The second-order valence-electron chi connectivity index (χ2n) is 11.0. The van der Waals surface area contributed by atoms with E-state index in [1.54, 1.807) is 0 Å². The minimum absolute atomic E-state index is 0.0830. The standard InChI is InChI=1S/C24H39N3O2/c1-23-13-5-4-7-17(23)15-20(26-27-25)22-18-11-10-16(8-6-9-21(28)29-3)24(18,2)14-12-19(22)23/h16-20,22H,4-15H2,1-3H3/t16-,17?,18?,19?,20?,22?,23-,24+/m0/s1. The fraction of sp³-hybridized carbons (Fsp3) is 0.958. The van der Waals surface area contributed by atoms with E-state index in [0.717, 1.165) is 31.1 Å². The van der Waals surface area contributed by atoms with Gasteiger partial charge in [0, 0.05) is 17.4 Å². The van der Waals surface area contributed by atoms with Crippen molar-refractivity contribution in [2.24, 2.45) is 45.5 Å². The summed E-state index contributed by atoms with van der Waals surface area (Å²) >= 11 is 0. The average molecular weight is 402 g/mol. The number of rotatable bonds is 5. The summed E-state index contributed by atoms with van der Waals surface area (Å²) < 4.78 is 4.83. The van der Waals surface area contributed by atoms with Gasteiger partial charge in [-0.1, -0.05) is 31.8 Å². The molecular weight excluding hydrogens is 362 g/mol. The molecule has 0 spiro atoms. The fourth-order valence-corrected chi connectivity index (χ4v) is 8.62. The van der Waals surface area contributed by atoms with Crippen LogP contribution in [-0.2, 0) is 9.53 Å². The van der Waals surface area contributed by atoms with Crippen LogP contribution in [0.3, 0.4) is 0 Å². The lowest BCUT2D eigenvalue weighted by Crippen LogP contribution is -2.57. The van der Waals surface area contributed by atoms with Gasteiger partial charge in [0.2, 0.25) is 0 Å². The number of fused-ring (bicyclic) bond motifs is 5. The maximum Gasteiger partial charge on any atom is 0.305 e. The van der Waals surface area contributed by atoms with Crippen LogP contribution in [0.15, 0.2) is 5.11 Å². The van der Waals surface area contributed by atoms with Crippen LogP contribution >= 0.6 is 0 Å². The number of ether oxygens (including phenoxy) is 1. The molecule has 162 valence electrons. The van der Waals surface area contributed by atoms with Crippen LogP contribution in [0.4, 0.5) is 0 Å². The molecule has 0 bridgehead atoms. The van der Waals surface area contributed by atoms with E-state index < -0.39 is 0 Å². The van der Waals surface area contributed by atoms with Gasteiger partial charge < -0.3 is 4.74 Å². The second-order valence-corrected chi connectivity index (χ2v) is 11.0. The summed E-state index contributed by atoms with van der Waals surface area (Å²) in [6, 6.07) is 0.194. The SMILES string of the molecule is COC(=O)CCC[C@H]1CCC2C3C(N=[N+]=[N-])CC4CCCC[C@]4(C)C3CC[C@@]21C. The van der Waals surface area contributed by atoms with E-state index in [4.69, 9.17) is 4.74 Å². The highest BCUT2D eigenvalue weighted by Gasteiger charge is 2.61. The molecule has 0 aromatic rings. The zero-order valence-corrected chi connectivity index (χ0v) is 18.6. The van der Waals surface area contributed by atoms with Crippen LogP contribution in [0.1, 0.15) is 90.9 Å². The van der Waals surface area contributed by atoms with Crippen LogP contribution in [0, 0.1) is 40.4 Å². The third-order valence-electron chi connectivity index (χ3n) is 10.2. The Morgan fingerprint density at radius 2 is 1.90 bits per heavy atom. The zero-order valence-electron chi connectivity index (χ0n) is 18.6. The number of carbonyl (C=O) groups excluding carboxylic acids is 1. The highest BCUT2D eigenvalue weighted by molar-refractivity contribution is 5.68. The summed E-state index contributed by atoms with van der Waals surface area (Å²) in [4.78, 5) is 14.9. The summed E-state index contributed by atoms with van der Waals surface area (Å²) in [5, 5.41) is 4.42. The van der Waals surface area contributed by atoms with Crippen molar-refractivity contribution in [2.75, 3.05) is 7.11 Å². The van der Waals surface area contributed by atoms with E-state index in [1.807, 2.05) is 0 Å². The number of methoxy groups -OCH3 is 1. The molecule has 0 saturated heterocycles. The van der Waals surface area contributed by atoms with Gasteiger partial charge in [0.1, 0.15) is 0 Å². The van der Waals surface area contributed by atoms with Crippen LogP contribution in [0.5, 0.6) is 0 Å². The molecule has 0 heterocycles. The van der Waals surface area contributed by atoms with Crippen molar-refractivity contribution in [3.05, 3.63) is 10.4 Å². The van der Waals surface area contributed by atoms with Gasteiger partial charge in [-0.15, -0.1) is 0 Å². The molecule has 4 saturated carbocycles. The van der Waals surface area contributed by atoms with Gasteiger partial charge >= 0.3 is 5.97 Å². The predicted octanol–water partition coefficient (Wildman–Crippen LogP) is 6.67. The first kappa shape index (κ1) is 21.0. The molecular formula is C24H39N3O2. The number of carbonyl (C=O) groups is 1. The maximum atomic E-state index is 11.6. The summed E-state index contributed by atoms with van der Waals surface area (Å²) in [6.07, 6.45) is 14.3. The molecule has 29 heavy (non-hydrogen) atoms. The minimum atomic E-state index is -0.0830. The van der Waals surface area contributed by atoms with E-state index >= 15 is 0 Å². The molecule has 5 unspecified atom stereocenters. The van der Waals surface area contributed by atoms with Crippen molar-refractivity contribution in [2.45, 2.75) is 96.9 Å². The first-order valence-electron chi connectivity index (χ1n) is 12.0. The lowest BCUT2D eigenvalue weighted by atomic mass is 9.43. The molecule has 5 nitrogen and oxygen atoms in total. The maximum absolute atomic E-state index is 11.6. The molecule has 4 aliphatic rings. The Balaban J connectivity index is 1.56. The van der Waals surface area contributed by atoms with E-state index in [1.165, 1.54) is 58.5 Å². The molecule has 5 heteroatoms. The molecule has 0 aliphatic heterocycles. The number of esters is 1. The highest BCUT2D eigenvalue weighted by Crippen LogP contribution is 2.68. The van der Waals surface area contributed by atoms with Crippen molar-refractivity contribution < 1.29 is 9.53 Å². The fourth-order valence-electron chi connectivity index (χ4n) is 8.62. The Labute approximate surface area is 176 Å². The zero-order chi connectivity index (χ0) is 20.6. The summed E-state index contributed by atoms with van der Waals surface area (Å²) in [5.74, 6) is 3.33. The Morgan fingerprint density at radius 3 is 2.66 bits per heavy atom. The van der Waals surface area contributed by atoms with Crippen molar-refractivity contribution in [3.8, 4) is 0 Å². The smallest absolute Gasteiger partial charge is 0.305 e. The molecule has 0 aromatic carbocycles. The highest BCUT2D eigenvalue weighted by atomic mass is 16.5. The van der Waals surface area contributed by atoms with Crippen LogP contribution in [0.2, 0.25) is 0 Å². The third-order valence-corrected chi connectivity index (χ3v) is 10.2. The molecule has 4 aliphatic carbocycles. The summed E-state index contributed by atoms with van der Waals surface area (Å²) in [7, 11) is 1.48. The monoisotopic (exact) mass is 401 g/mol. The molecule has 4 fully saturated rings. The van der Waals surface area contributed by atoms with Crippen LogP contribution in [0.25, 0.3) is 10.4 Å². The molecule has 0 amide bonds. The van der Waals surface area contributed by atoms with Crippen molar-refractivity contribution in [1.29, 1.82) is 0 Å². The van der Waals surface area contributed by atoms with E-state index in [0.29, 0.717) is 35.0 Å². The molecule has 0 aromatic heterocycles. The Morgan fingerprint density at radius 1 is 1.10 bits per heavy atom. The third kappa shape index (κ3) is 3.48. The van der Waals surface area contributed by atoms with Gasteiger partial charge in [-0.05, 0) is 104 Å². The number of azide groups is 1. The van der Waals surface area contributed by atoms with Gasteiger partial charge in [0.25, 0.3) is 0 Å². The molecule has 8 atom stereocenters. The first-order chi connectivity index (χ1) is 13.9. The summed E-state index contributed by atoms with van der Waals surface area (Å²) in [5.41, 5.74) is 10.1. The largest absolute Gasteiger partial charge is 0.469 e. The lowest BCUT2D eigenvalue weighted by molar-refractivity contribution is -0.141. The Hall–Kier alpha value is -1.22. The summed E-state index contributed by atoms with van der Waals surface area (Å²) in [6.45, 7) is 5.10. The number of hydrogen-bond acceptors (Lipinski definition) is 3. The molecule has 0 N–H and O–H groups in total. The molecule has 0 radical (unpaired) electrons. The van der Waals surface area contributed by atoms with Crippen LogP contribution in [-0.4, -0.2) is 19.1 Å². The quantitative estimate of drug-likeness (QED) is 0.223.